The van der Waals surface area contributed by atoms with E-state index in [9.17, 15) is 10.1 Å². The van der Waals surface area contributed by atoms with Gasteiger partial charge in [0.2, 0.25) is 5.54 Å². The molecule has 1 unspecified atom stereocenters. The quantitative estimate of drug-likeness (QED) is 0.356. The van der Waals surface area contributed by atoms with Crippen molar-refractivity contribution in [3.8, 4) is 0 Å². The Hall–Kier alpha value is -0.680. The van der Waals surface area contributed by atoms with Crippen LogP contribution in [0.3, 0.4) is 0 Å². The van der Waals surface area contributed by atoms with Gasteiger partial charge >= 0.3 is 0 Å². The van der Waals surface area contributed by atoms with Crippen molar-refractivity contribution in [2.75, 3.05) is 13.6 Å². The van der Waals surface area contributed by atoms with E-state index < -0.39 is 5.54 Å². The summed E-state index contributed by atoms with van der Waals surface area (Å²) in [5.41, 5.74) is -0.898. The van der Waals surface area contributed by atoms with E-state index in [1.165, 1.54) is 0 Å². The summed E-state index contributed by atoms with van der Waals surface area (Å²) < 4.78 is 0. The Kier molecular flexibility index (Phi) is 4.12. The zero-order chi connectivity index (χ0) is 9.78. The lowest BCUT2D eigenvalue weighted by molar-refractivity contribution is -0.558. The van der Waals surface area contributed by atoms with Crippen molar-refractivity contribution in [1.29, 1.82) is 0 Å². The summed E-state index contributed by atoms with van der Waals surface area (Å²) in [7, 11) is 1.80. The fraction of sp³-hybridized carbons (Fsp3) is 1.00. The first-order valence-corrected chi connectivity index (χ1v) is 3.95. The first-order chi connectivity index (χ1) is 5.40. The van der Waals surface area contributed by atoms with Crippen molar-refractivity contribution in [2.24, 2.45) is 0 Å². The van der Waals surface area contributed by atoms with Gasteiger partial charge in [0.1, 0.15) is 0 Å². The van der Waals surface area contributed by atoms with E-state index in [0.717, 1.165) is 0 Å². The van der Waals surface area contributed by atoms with E-state index in [1.54, 1.807) is 20.9 Å². The van der Waals surface area contributed by atoms with Gasteiger partial charge in [0.25, 0.3) is 0 Å². The molecule has 5 nitrogen and oxygen atoms in total. The lowest BCUT2D eigenvalue weighted by atomic mass is 10.1. The molecule has 0 amide bonds. The van der Waals surface area contributed by atoms with Gasteiger partial charge in [-0.25, -0.2) is 0 Å². The van der Waals surface area contributed by atoms with Crippen LogP contribution in [0.15, 0.2) is 0 Å². The Balaban J connectivity index is 3.83. The fourth-order valence-corrected chi connectivity index (χ4v) is 0.569. The minimum atomic E-state index is -0.898. The van der Waals surface area contributed by atoms with E-state index >= 15 is 0 Å². The number of nitrogens with one attached hydrogen (secondary N) is 2. The van der Waals surface area contributed by atoms with Crippen LogP contribution >= 0.6 is 0 Å². The lowest BCUT2D eigenvalue weighted by Crippen LogP contribution is -2.48. The van der Waals surface area contributed by atoms with Crippen molar-refractivity contribution in [1.82, 2.24) is 10.6 Å². The SMILES string of the molecule is CNC(C)NCC(C)(C)[N+](=O)[O-]. The molecule has 0 heterocycles. The number of rotatable bonds is 5. The van der Waals surface area contributed by atoms with Gasteiger partial charge in [-0.2, -0.15) is 0 Å². The van der Waals surface area contributed by atoms with Crippen LogP contribution in [0.5, 0.6) is 0 Å². The second-order valence-electron chi connectivity index (χ2n) is 3.46. The van der Waals surface area contributed by atoms with Crippen molar-refractivity contribution >= 4 is 0 Å². The minimum Gasteiger partial charge on any atom is -0.305 e. The highest BCUT2D eigenvalue weighted by molar-refractivity contribution is 4.71. The number of hydrogen-bond donors (Lipinski definition) is 2. The van der Waals surface area contributed by atoms with E-state index in [2.05, 4.69) is 10.6 Å². The van der Waals surface area contributed by atoms with Crippen molar-refractivity contribution in [3.05, 3.63) is 10.1 Å². The highest BCUT2D eigenvalue weighted by Crippen LogP contribution is 2.04. The Morgan fingerprint density at radius 3 is 2.42 bits per heavy atom. The largest absolute Gasteiger partial charge is 0.305 e. The van der Waals surface area contributed by atoms with E-state index in [4.69, 9.17) is 0 Å². The van der Waals surface area contributed by atoms with Gasteiger partial charge in [-0.3, -0.25) is 15.4 Å². The average molecular weight is 175 g/mol. The molecule has 0 bridgehead atoms. The molecule has 0 saturated carbocycles. The van der Waals surface area contributed by atoms with Gasteiger partial charge in [0.05, 0.1) is 12.7 Å². The number of nitrogens with zero attached hydrogens (tertiary/aromatic N) is 1. The zero-order valence-corrected chi connectivity index (χ0v) is 8.05. The summed E-state index contributed by atoms with van der Waals surface area (Å²) in [6.07, 6.45) is 0.101. The maximum Gasteiger partial charge on any atom is 0.229 e. The molecular weight excluding hydrogens is 158 g/mol. The van der Waals surface area contributed by atoms with Crippen molar-refractivity contribution in [3.63, 3.8) is 0 Å². The van der Waals surface area contributed by atoms with E-state index in [0.29, 0.717) is 6.54 Å². The molecule has 1 atom stereocenters. The third kappa shape index (κ3) is 3.64. The molecule has 0 aromatic carbocycles. The highest BCUT2D eigenvalue weighted by Gasteiger charge is 2.30. The van der Waals surface area contributed by atoms with Gasteiger partial charge in [-0.1, -0.05) is 0 Å². The van der Waals surface area contributed by atoms with Crippen LogP contribution in [0.1, 0.15) is 20.8 Å². The van der Waals surface area contributed by atoms with Crippen LogP contribution in [-0.4, -0.2) is 30.2 Å². The van der Waals surface area contributed by atoms with Crippen molar-refractivity contribution < 1.29 is 4.92 Å². The van der Waals surface area contributed by atoms with Crippen LogP contribution in [0.25, 0.3) is 0 Å². The van der Waals surface area contributed by atoms with Gasteiger partial charge in [-0.05, 0) is 14.0 Å². The van der Waals surface area contributed by atoms with Gasteiger partial charge in [-0.15, -0.1) is 0 Å². The lowest BCUT2D eigenvalue weighted by Gasteiger charge is -2.19. The normalized spacial score (nSPS) is 14.3. The standard InChI is InChI=1S/C7H17N3O2/c1-6(8-4)9-5-7(2,3)10(11)12/h6,8-9H,5H2,1-4H3. The van der Waals surface area contributed by atoms with Gasteiger partial charge < -0.3 is 5.32 Å². The van der Waals surface area contributed by atoms with Crippen LogP contribution in [0, 0.1) is 10.1 Å². The zero-order valence-electron chi connectivity index (χ0n) is 8.05. The summed E-state index contributed by atoms with van der Waals surface area (Å²) in [4.78, 5) is 10.2. The molecule has 72 valence electrons. The molecule has 0 aliphatic rings. The van der Waals surface area contributed by atoms with Crippen LogP contribution < -0.4 is 10.6 Å². The fourth-order valence-electron chi connectivity index (χ4n) is 0.569. The number of nitro groups is 1. The topological polar surface area (TPSA) is 67.2 Å². The van der Waals surface area contributed by atoms with Crippen LogP contribution in [0.4, 0.5) is 0 Å². The Bertz CT molecular complexity index is 159. The summed E-state index contributed by atoms with van der Waals surface area (Å²) in [5.74, 6) is 0. The highest BCUT2D eigenvalue weighted by atomic mass is 16.6. The molecule has 0 aliphatic heterocycles. The first-order valence-electron chi connectivity index (χ1n) is 3.95. The monoisotopic (exact) mass is 175 g/mol. The summed E-state index contributed by atoms with van der Waals surface area (Å²) in [6, 6.07) is 0. The third-order valence-corrected chi connectivity index (χ3v) is 1.77. The number of hydrogen-bond acceptors (Lipinski definition) is 4. The van der Waals surface area contributed by atoms with Crippen molar-refractivity contribution in [2.45, 2.75) is 32.5 Å². The average Bonchev–Trinajstić information content (AvgIpc) is 2.00. The Morgan fingerprint density at radius 2 is 2.08 bits per heavy atom. The van der Waals surface area contributed by atoms with E-state index in [1.807, 2.05) is 6.92 Å². The molecule has 0 aromatic heterocycles. The smallest absolute Gasteiger partial charge is 0.229 e. The first kappa shape index (κ1) is 11.3. The summed E-state index contributed by atoms with van der Waals surface area (Å²) >= 11 is 0. The van der Waals surface area contributed by atoms with Crippen LogP contribution in [-0.2, 0) is 0 Å². The van der Waals surface area contributed by atoms with Gasteiger partial charge in [0.15, 0.2) is 0 Å². The summed E-state index contributed by atoms with van der Waals surface area (Å²) in [6.45, 7) is 5.47. The van der Waals surface area contributed by atoms with Crippen LogP contribution in [0.2, 0.25) is 0 Å². The second kappa shape index (κ2) is 4.37. The Morgan fingerprint density at radius 1 is 1.58 bits per heavy atom. The molecule has 12 heavy (non-hydrogen) atoms. The predicted octanol–water partition coefficient (Wildman–Crippen LogP) is 0.197. The molecule has 0 aromatic rings. The van der Waals surface area contributed by atoms with E-state index in [-0.39, 0.29) is 11.1 Å². The summed E-state index contributed by atoms with van der Waals surface area (Å²) in [5, 5.41) is 16.4. The molecular formula is C7H17N3O2. The molecule has 0 fully saturated rings. The minimum absolute atomic E-state index is 0.101. The molecule has 0 spiro atoms. The molecule has 0 saturated heterocycles. The molecule has 2 N–H and O–H groups in total. The maximum atomic E-state index is 10.5. The van der Waals surface area contributed by atoms with Gasteiger partial charge in [0, 0.05) is 18.8 Å². The molecule has 0 aliphatic carbocycles. The molecule has 0 radical (unpaired) electrons. The molecule has 0 rings (SSSR count). The Labute approximate surface area is 72.7 Å². The second-order valence-corrected chi connectivity index (χ2v) is 3.46. The predicted molar refractivity (Wildman–Crippen MR) is 47.6 cm³/mol. The third-order valence-electron chi connectivity index (χ3n) is 1.77. The molecule has 5 heteroatoms. The maximum absolute atomic E-state index is 10.5.